The number of hydrogen-bond donors (Lipinski definition) is 0. The summed E-state index contributed by atoms with van der Waals surface area (Å²) in [7, 11) is 0.681. The lowest BCUT2D eigenvalue weighted by Crippen LogP contribution is -2.32. The molecule has 0 aliphatic carbocycles. The Kier molecular flexibility index (Phi) is 4.20. The molecule has 0 spiro atoms. The van der Waals surface area contributed by atoms with Crippen LogP contribution < -0.4 is 0 Å². The quantitative estimate of drug-likeness (QED) is 0.683. The fourth-order valence-electron chi connectivity index (χ4n) is 0.511. The number of hydrogen-bond acceptors (Lipinski definition) is 3. The van der Waals surface area contributed by atoms with Gasteiger partial charge < -0.3 is 0 Å². The van der Waals surface area contributed by atoms with Crippen LogP contribution in [0, 0.1) is 0 Å². The minimum absolute atomic E-state index is 0.210. The minimum Gasteiger partial charge on any atom is -0.243 e. The van der Waals surface area contributed by atoms with Crippen molar-refractivity contribution < 1.29 is 12.6 Å². The van der Waals surface area contributed by atoms with Crippen LogP contribution in [0.5, 0.6) is 0 Å². The second-order valence-electron chi connectivity index (χ2n) is 3.28. The van der Waals surface area contributed by atoms with E-state index >= 15 is 0 Å². The summed E-state index contributed by atoms with van der Waals surface area (Å²) in [5, 5.41) is 0. The molecule has 0 rings (SSSR count). The van der Waals surface area contributed by atoms with E-state index in [0.717, 1.165) is 0 Å². The maximum Gasteiger partial charge on any atom is 0.152 e. The molecule has 6 heteroatoms. The molecular weight excluding hydrogens is 220 g/mol. The number of halogens is 1. The monoisotopic (exact) mass is 232 g/mol. The highest BCUT2D eigenvalue weighted by Gasteiger charge is 2.29. The molecule has 0 amide bonds. The highest BCUT2D eigenvalue weighted by Crippen LogP contribution is 2.20. The Morgan fingerprint density at radius 3 is 2.08 bits per heavy atom. The highest BCUT2D eigenvalue weighted by molar-refractivity contribution is 8.08. The first-order chi connectivity index (χ1) is 5.17. The Balaban J connectivity index is 4.35. The SMILES string of the molecule is CC(C)(CCS(=O)Cl)S(C)(=O)=O. The molecule has 0 aliphatic heterocycles. The van der Waals surface area contributed by atoms with Crippen molar-refractivity contribution in [2.45, 2.75) is 25.0 Å². The zero-order valence-electron chi connectivity index (χ0n) is 7.33. The van der Waals surface area contributed by atoms with E-state index in [0.29, 0.717) is 6.42 Å². The van der Waals surface area contributed by atoms with Crippen LogP contribution >= 0.6 is 10.7 Å². The third kappa shape index (κ3) is 3.87. The van der Waals surface area contributed by atoms with E-state index < -0.39 is 24.6 Å². The van der Waals surface area contributed by atoms with E-state index in [1.165, 1.54) is 6.26 Å². The molecule has 0 fully saturated rings. The zero-order chi connectivity index (χ0) is 9.99. The third-order valence-electron chi connectivity index (χ3n) is 1.87. The molecule has 1 atom stereocenters. The smallest absolute Gasteiger partial charge is 0.152 e. The van der Waals surface area contributed by atoms with Gasteiger partial charge >= 0.3 is 0 Å². The lowest BCUT2D eigenvalue weighted by molar-refractivity contribution is 0.545. The van der Waals surface area contributed by atoms with Crippen molar-refractivity contribution in [1.82, 2.24) is 0 Å². The molecule has 0 aromatic rings. The van der Waals surface area contributed by atoms with Crippen LogP contribution in [0.4, 0.5) is 0 Å². The van der Waals surface area contributed by atoms with Gasteiger partial charge in [-0.1, -0.05) is 0 Å². The van der Waals surface area contributed by atoms with Crippen molar-refractivity contribution in [3.8, 4) is 0 Å². The molecule has 1 unspecified atom stereocenters. The zero-order valence-corrected chi connectivity index (χ0v) is 9.72. The van der Waals surface area contributed by atoms with Gasteiger partial charge in [0.1, 0.15) is 10.0 Å². The molecule has 0 N–H and O–H groups in total. The molecule has 12 heavy (non-hydrogen) atoms. The highest BCUT2D eigenvalue weighted by atomic mass is 35.7. The van der Waals surface area contributed by atoms with Crippen molar-refractivity contribution in [3.63, 3.8) is 0 Å². The molecule has 0 radical (unpaired) electrons. The fraction of sp³-hybridized carbons (Fsp3) is 1.00. The normalized spacial score (nSPS) is 16.0. The van der Waals surface area contributed by atoms with Gasteiger partial charge in [-0.25, -0.2) is 12.6 Å². The summed E-state index contributed by atoms with van der Waals surface area (Å²) >= 11 is 0. The summed E-state index contributed by atoms with van der Waals surface area (Å²) in [6.45, 7) is 3.21. The van der Waals surface area contributed by atoms with Crippen LogP contribution in [0.3, 0.4) is 0 Å². The number of rotatable bonds is 4. The van der Waals surface area contributed by atoms with Crippen molar-refractivity contribution in [3.05, 3.63) is 0 Å². The molecule has 0 saturated heterocycles. The Hall–Kier alpha value is 0.390. The van der Waals surface area contributed by atoms with Crippen LogP contribution in [0.25, 0.3) is 0 Å². The standard InChI is InChI=1S/C6H13ClO3S2/c1-6(2,12(3,9)10)4-5-11(7)8/h4-5H2,1-3H3. The van der Waals surface area contributed by atoms with E-state index in [1.807, 2.05) is 0 Å². The van der Waals surface area contributed by atoms with E-state index in [-0.39, 0.29) is 5.75 Å². The van der Waals surface area contributed by atoms with Gasteiger partial charge in [0.05, 0.1) is 4.75 Å². The molecular formula is C6H13ClO3S2. The molecule has 0 aliphatic rings. The molecule has 3 nitrogen and oxygen atoms in total. The summed E-state index contributed by atoms with van der Waals surface area (Å²) < 4.78 is 31.9. The van der Waals surface area contributed by atoms with E-state index in [4.69, 9.17) is 10.7 Å². The fourth-order valence-corrected chi connectivity index (χ4v) is 2.02. The van der Waals surface area contributed by atoms with Crippen molar-refractivity contribution in [2.24, 2.45) is 0 Å². The first-order valence-corrected chi connectivity index (χ1v) is 7.45. The van der Waals surface area contributed by atoms with E-state index in [1.54, 1.807) is 13.8 Å². The van der Waals surface area contributed by atoms with Crippen molar-refractivity contribution in [1.29, 1.82) is 0 Å². The molecule has 0 aromatic heterocycles. The summed E-state index contributed by atoms with van der Waals surface area (Å²) in [6, 6.07) is 0. The van der Waals surface area contributed by atoms with E-state index in [9.17, 15) is 12.6 Å². The van der Waals surface area contributed by atoms with Gasteiger partial charge in [0.2, 0.25) is 0 Å². The van der Waals surface area contributed by atoms with Gasteiger partial charge in [0.25, 0.3) is 0 Å². The van der Waals surface area contributed by atoms with Crippen LogP contribution in [-0.2, 0) is 19.9 Å². The molecule has 0 aromatic carbocycles. The summed E-state index contributed by atoms with van der Waals surface area (Å²) in [5.41, 5.74) is 0. The molecule has 74 valence electrons. The number of sulfone groups is 1. The van der Waals surface area contributed by atoms with E-state index in [2.05, 4.69) is 0 Å². The Labute approximate surface area is 80.4 Å². The minimum atomic E-state index is -3.09. The average molecular weight is 233 g/mol. The summed E-state index contributed by atoms with van der Waals surface area (Å²) in [6.07, 6.45) is 1.49. The maximum atomic E-state index is 11.1. The second-order valence-corrected chi connectivity index (χ2v) is 7.95. The second kappa shape index (κ2) is 4.07. The predicted molar refractivity (Wildman–Crippen MR) is 52.4 cm³/mol. The maximum absolute atomic E-state index is 11.1. The topological polar surface area (TPSA) is 51.2 Å². The Morgan fingerprint density at radius 1 is 1.42 bits per heavy atom. The van der Waals surface area contributed by atoms with Crippen molar-refractivity contribution >= 4 is 30.5 Å². The molecule has 0 bridgehead atoms. The lowest BCUT2D eigenvalue weighted by Gasteiger charge is -2.20. The lowest BCUT2D eigenvalue weighted by atomic mass is 10.1. The van der Waals surface area contributed by atoms with Gasteiger partial charge in [-0.3, -0.25) is 0 Å². The van der Waals surface area contributed by atoms with Crippen LogP contribution in [0.15, 0.2) is 0 Å². The van der Waals surface area contributed by atoms with Gasteiger partial charge in [0.15, 0.2) is 9.84 Å². The molecule has 0 saturated carbocycles. The summed E-state index contributed by atoms with van der Waals surface area (Å²) in [4.78, 5) is 0. The van der Waals surface area contributed by atoms with Gasteiger partial charge in [-0.05, 0) is 31.0 Å². The average Bonchev–Trinajstić information content (AvgIpc) is 1.81. The summed E-state index contributed by atoms with van der Waals surface area (Å²) in [5.74, 6) is 0.210. The van der Waals surface area contributed by atoms with Gasteiger partial charge in [-0.2, -0.15) is 0 Å². The molecule has 0 heterocycles. The third-order valence-corrected chi connectivity index (χ3v) is 5.07. The van der Waals surface area contributed by atoms with Gasteiger partial charge in [0, 0.05) is 12.0 Å². The van der Waals surface area contributed by atoms with Crippen molar-refractivity contribution in [2.75, 3.05) is 12.0 Å². The Bertz CT molecular complexity index is 269. The largest absolute Gasteiger partial charge is 0.243 e. The van der Waals surface area contributed by atoms with Crippen LogP contribution in [-0.4, -0.2) is 29.4 Å². The first kappa shape index (κ1) is 12.4. The van der Waals surface area contributed by atoms with Crippen LogP contribution in [0.1, 0.15) is 20.3 Å². The Morgan fingerprint density at radius 2 is 1.83 bits per heavy atom. The van der Waals surface area contributed by atoms with Gasteiger partial charge in [-0.15, -0.1) is 0 Å². The first-order valence-electron chi connectivity index (χ1n) is 3.41. The predicted octanol–water partition coefficient (Wildman–Crippen LogP) is 1.10. The van der Waals surface area contributed by atoms with Crippen LogP contribution in [0.2, 0.25) is 0 Å².